The van der Waals surface area contributed by atoms with Gasteiger partial charge >= 0.3 is 0 Å². The van der Waals surface area contributed by atoms with Gasteiger partial charge in [0.15, 0.2) is 0 Å². The van der Waals surface area contributed by atoms with Crippen molar-refractivity contribution in [1.29, 1.82) is 0 Å². The Labute approximate surface area is 190 Å². The first-order chi connectivity index (χ1) is 15.5. The van der Waals surface area contributed by atoms with Gasteiger partial charge in [0.05, 0.1) is 6.04 Å². The normalized spacial score (nSPS) is 15.7. The molecule has 1 heterocycles. The van der Waals surface area contributed by atoms with Gasteiger partial charge in [0, 0.05) is 31.1 Å². The Kier molecular flexibility index (Phi) is 6.86. The number of nitrogens with one attached hydrogen (secondary N) is 1. The van der Waals surface area contributed by atoms with Crippen LogP contribution in [-0.2, 0) is 4.79 Å². The third kappa shape index (κ3) is 4.83. The number of rotatable bonds is 6. The molecule has 1 saturated heterocycles. The molecule has 166 valence electrons. The Morgan fingerprint density at radius 1 is 0.938 bits per heavy atom. The van der Waals surface area contributed by atoms with Crippen LogP contribution in [0.3, 0.4) is 0 Å². The summed E-state index contributed by atoms with van der Waals surface area (Å²) in [4.78, 5) is 30.0. The summed E-state index contributed by atoms with van der Waals surface area (Å²) >= 11 is 0. The predicted octanol–water partition coefficient (Wildman–Crippen LogP) is 4.11. The first-order valence-electron chi connectivity index (χ1n) is 11.3. The molecule has 32 heavy (non-hydrogen) atoms. The second-order valence-corrected chi connectivity index (χ2v) is 8.73. The van der Waals surface area contributed by atoms with Gasteiger partial charge in [-0.1, -0.05) is 66.7 Å². The summed E-state index contributed by atoms with van der Waals surface area (Å²) in [5.41, 5.74) is 1.93. The fourth-order valence-corrected chi connectivity index (χ4v) is 4.54. The summed E-state index contributed by atoms with van der Waals surface area (Å²) in [5.74, 6) is 0.0904. The molecule has 0 radical (unpaired) electrons. The maximum atomic E-state index is 13.2. The number of likely N-dealkylation sites (tertiary alicyclic amines) is 1. The maximum absolute atomic E-state index is 13.2. The molecule has 1 aliphatic rings. The van der Waals surface area contributed by atoms with Crippen molar-refractivity contribution in [2.24, 2.45) is 5.92 Å². The molecule has 1 atom stereocenters. The molecule has 1 N–H and O–H groups in total. The molecule has 1 fully saturated rings. The summed E-state index contributed by atoms with van der Waals surface area (Å²) in [6, 6.07) is 24.2. The Bertz CT molecular complexity index is 1070. The third-order valence-corrected chi connectivity index (χ3v) is 6.45. The van der Waals surface area contributed by atoms with Crippen molar-refractivity contribution in [1.82, 2.24) is 15.1 Å². The highest BCUT2D eigenvalue weighted by atomic mass is 16.2. The minimum absolute atomic E-state index is 0.0508. The monoisotopic (exact) mass is 429 g/mol. The summed E-state index contributed by atoms with van der Waals surface area (Å²) in [7, 11) is 4.06. The molecule has 4 rings (SSSR count). The van der Waals surface area contributed by atoms with Crippen molar-refractivity contribution in [3.63, 3.8) is 0 Å². The van der Waals surface area contributed by atoms with Crippen molar-refractivity contribution < 1.29 is 9.59 Å². The van der Waals surface area contributed by atoms with Crippen LogP contribution in [-0.4, -0.2) is 55.3 Å². The Balaban J connectivity index is 1.34. The number of piperidine rings is 1. The molecule has 2 amide bonds. The number of hydrogen-bond donors (Lipinski definition) is 1. The summed E-state index contributed by atoms with van der Waals surface area (Å²) in [6.07, 6.45) is 1.39. The molecule has 1 unspecified atom stereocenters. The van der Waals surface area contributed by atoms with Gasteiger partial charge in [-0.25, -0.2) is 0 Å². The van der Waals surface area contributed by atoms with Crippen molar-refractivity contribution in [2.45, 2.75) is 18.9 Å². The lowest BCUT2D eigenvalue weighted by molar-refractivity contribution is -0.126. The topological polar surface area (TPSA) is 52.7 Å². The molecule has 1 aliphatic heterocycles. The maximum Gasteiger partial charge on any atom is 0.254 e. The van der Waals surface area contributed by atoms with Crippen LogP contribution in [0, 0.1) is 5.92 Å². The second-order valence-electron chi connectivity index (χ2n) is 8.73. The summed E-state index contributed by atoms with van der Waals surface area (Å²) in [6.45, 7) is 1.79. The van der Waals surface area contributed by atoms with Gasteiger partial charge in [0.1, 0.15) is 0 Å². The molecule has 0 bridgehead atoms. The van der Waals surface area contributed by atoms with E-state index in [1.807, 2.05) is 79.7 Å². The van der Waals surface area contributed by atoms with E-state index in [-0.39, 0.29) is 23.8 Å². The van der Waals surface area contributed by atoms with E-state index in [1.165, 1.54) is 5.56 Å². The number of fused-ring (bicyclic) bond motifs is 1. The number of hydrogen-bond acceptors (Lipinski definition) is 3. The minimum Gasteiger partial charge on any atom is -0.354 e. The predicted molar refractivity (Wildman–Crippen MR) is 128 cm³/mol. The standard InChI is InChI=1S/C27H31N3O2/c1-29(2)25(21-10-4-3-5-11-21)19-28-26(31)22-15-17-30(18-16-22)27(32)24-14-8-12-20-9-6-7-13-23(20)24/h3-14,22,25H,15-19H2,1-2H3,(H,28,31). The van der Waals surface area contributed by atoms with Crippen molar-refractivity contribution in [3.05, 3.63) is 83.9 Å². The average molecular weight is 430 g/mol. The second kappa shape index (κ2) is 9.96. The fraction of sp³-hybridized carbons (Fsp3) is 0.333. The Morgan fingerprint density at radius 2 is 1.59 bits per heavy atom. The largest absolute Gasteiger partial charge is 0.354 e. The highest BCUT2D eigenvalue weighted by molar-refractivity contribution is 6.07. The number of carbonyl (C=O) groups is 2. The van der Waals surface area contributed by atoms with Crippen LogP contribution in [0.1, 0.15) is 34.8 Å². The van der Waals surface area contributed by atoms with Gasteiger partial charge in [0.25, 0.3) is 5.91 Å². The average Bonchev–Trinajstić information content (AvgIpc) is 2.84. The number of carbonyl (C=O) groups excluding carboxylic acids is 2. The Hall–Kier alpha value is -3.18. The third-order valence-electron chi connectivity index (χ3n) is 6.45. The van der Waals surface area contributed by atoms with Crippen LogP contribution in [0.5, 0.6) is 0 Å². The van der Waals surface area contributed by atoms with E-state index < -0.39 is 0 Å². The molecule has 0 spiro atoms. The first-order valence-corrected chi connectivity index (χ1v) is 11.3. The first kappa shape index (κ1) is 22.0. The van der Waals surface area contributed by atoms with Gasteiger partial charge < -0.3 is 15.1 Å². The van der Waals surface area contributed by atoms with E-state index in [2.05, 4.69) is 22.3 Å². The smallest absolute Gasteiger partial charge is 0.254 e. The van der Waals surface area contributed by atoms with Crippen LogP contribution in [0.15, 0.2) is 72.8 Å². The van der Waals surface area contributed by atoms with E-state index in [9.17, 15) is 9.59 Å². The molecule has 3 aromatic carbocycles. The highest BCUT2D eigenvalue weighted by Crippen LogP contribution is 2.24. The van der Waals surface area contributed by atoms with Crippen molar-refractivity contribution in [3.8, 4) is 0 Å². The summed E-state index contributed by atoms with van der Waals surface area (Å²) < 4.78 is 0. The van der Waals surface area contributed by atoms with Gasteiger partial charge in [-0.3, -0.25) is 9.59 Å². The van der Waals surface area contributed by atoms with E-state index in [0.717, 1.165) is 16.3 Å². The molecule has 0 saturated carbocycles. The SMILES string of the molecule is CN(C)C(CNC(=O)C1CCN(C(=O)c2cccc3ccccc23)CC1)c1ccccc1. The zero-order valence-electron chi connectivity index (χ0n) is 18.8. The fourth-order valence-electron chi connectivity index (χ4n) is 4.54. The highest BCUT2D eigenvalue weighted by Gasteiger charge is 2.29. The zero-order chi connectivity index (χ0) is 22.5. The minimum atomic E-state index is -0.0508. The van der Waals surface area contributed by atoms with E-state index in [0.29, 0.717) is 32.5 Å². The molecule has 0 aliphatic carbocycles. The molecule has 5 heteroatoms. The number of nitrogens with zero attached hydrogens (tertiary/aromatic N) is 2. The number of amides is 2. The lowest BCUT2D eigenvalue weighted by Crippen LogP contribution is -2.44. The van der Waals surface area contributed by atoms with E-state index in [4.69, 9.17) is 0 Å². The molecule has 0 aromatic heterocycles. The lowest BCUT2D eigenvalue weighted by atomic mass is 9.94. The van der Waals surface area contributed by atoms with Crippen LogP contribution >= 0.6 is 0 Å². The van der Waals surface area contributed by atoms with E-state index >= 15 is 0 Å². The van der Waals surface area contributed by atoms with Gasteiger partial charge in [-0.05, 0) is 49.3 Å². The van der Waals surface area contributed by atoms with Gasteiger partial charge in [-0.15, -0.1) is 0 Å². The van der Waals surface area contributed by atoms with Gasteiger partial charge in [-0.2, -0.15) is 0 Å². The lowest BCUT2D eigenvalue weighted by Gasteiger charge is -2.32. The van der Waals surface area contributed by atoms with Crippen molar-refractivity contribution >= 4 is 22.6 Å². The molecule has 3 aromatic rings. The van der Waals surface area contributed by atoms with Crippen LogP contribution in [0.4, 0.5) is 0 Å². The van der Waals surface area contributed by atoms with Crippen molar-refractivity contribution in [2.75, 3.05) is 33.7 Å². The quantitative estimate of drug-likeness (QED) is 0.642. The molecule has 5 nitrogen and oxygen atoms in total. The number of benzene rings is 3. The van der Waals surface area contributed by atoms with Crippen LogP contribution in [0.25, 0.3) is 10.8 Å². The molecular formula is C27H31N3O2. The summed E-state index contributed by atoms with van der Waals surface area (Å²) in [5, 5.41) is 5.20. The molecular weight excluding hydrogens is 398 g/mol. The number of likely N-dealkylation sites (N-methyl/N-ethyl adjacent to an activating group) is 1. The Morgan fingerprint density at radius 3 is 2.31 bits per heavy atom. The zero-order valence-corrected chi connectivity index (χ0v) is 18.8. The van der Waals surface area contributed by atoms with E-state index in [1.54, 1.807) is 0 Å². The van der Waals surface area contributed by atoms with Crippen LogP contribution in [0.2, 0.25) is 0 Å². The van der Waals surface area contributed by atoms with Crippen LogP contribution < -0.4 is 5.32 Å². The van der Waals surface area contributed by atoms with Gasteiger partial charge in [0.2, 0.25) is 5.91 Å².